The summed E-state index contributed by atoms with van der Waals surface area (Å²) in [6.45, 7) is 0. The van der Waals surface area contributed by atoms with Crippen LogP contribution < -0.4 is 5.73 Å². The van der Waals surface area contributed by atoms with Gasteiger partial charge in [-0.3, -0.25) is 0 Å². The van der Waals surface area contributed by atoms with Gasteiger partial charge in [-0.1, -0.05) is 0 Å². The highest BCUT2D eigenvalue weighted by Crippen LogP contribution is 2.11. The molecular formula is C9H9FN2O. The first kappa shape index (κ1) is 9.65. The molecule has 0 aliphatic rings. The monoisotopic (exact) mass is 180 g/mol. The molecule has 0 spiro atoms. The van der Waals surface area contributed by atoms with E-state index in [2.05, 4.69) is 0 Å². The molecule has 0 saturated heterocycles. The van der Waals surface area contributed by atoms with Gasteiger partial charge in [0.05, 0.1) is 11.6 Å². The molecule has 0 bridgehead atoms. The fourth-order valence-corrected chi connectivity index (χ4v) is 1.03. The van der Waals surface area contributed by atoms with E-state index in [9.17, 15) is 4.39 Å². The first-order chi connectivity index (χ1) is 6.13. The molecule has 0 radical (unpaired) electrons. The van der Waals surface area contributed by atoms with Gasteiger partial charge in [-0.25, -0.2) is 4.39 Å². The number of hydrogen-bond donors (Lipinski definition) is 2. The summed E-state index contributed by atoms with van der Waals surface area (Å²) in [6.07, 6.45) is -1.08. The Kier molecular flexibility index (Phi) is 2.96. The largest absolute Gasteiger partial charge is 0.378 e. The molecule has 0 fully saturated rings. The van der Waals surface area contributed by atoms with Gasteiger partial charge < -0.3 is 10.8 Å². The molecule has 0 unspecified atom stereocenters. The zero-order valence-electron chi connectivity index (χ0n) is 6.87. The van der Waals surface area contributed by atoms with E-state index in [0.717, 1.165) is 0 Å². The zero-order chi connectivity index (χ0) is 9.84. The summed E-state index contributed by atoms with van der Waals surface area (Å²) in [6, 6.07) is 5.83. The molecule has 0 saturated carbocycles. The summed E-state index contributed by atoms with van der Waals surface area (Å²) in [7, 11) is 0. The predicted octanol–water partition coefficient (Wildman–Crippen LogP) is 0.517. The van der Waals surface area contributed by atoms with Crippen LogP contribution in [0.25, 0.3) is 0 Å². The normalized spacial score (nSPS) is 12.2. The summed E-state index contributed by atoms with van der Waals surface area (Å²) in [5.74, 6) is -0.455. The Morgan fingerprint density at radius 1 is 1.62 bits per heavy atom. The lowest BCUT2D eigenvalue weighted by atomic mass is 10.1. The van der Waals surface area contributed by atoms with Crippen LogP contribution in [0.3, 0.4) is 0 Å². The molecule has 3 nitrogen and oxygen atoms in total. The summed E-state index contributed by atoms with van der Waals surface area (Å²) in [5.41, 5.74) is 5.71. The SMILES string of the molecule is N#Cc1ccc(F)c(C[C@@H](N)O)c1. The summed E-state index contributed by atoms with van der Waals surface area (Å²) < 4.78 is 13.0. The molecular weight excluding hydrogens is 171 g/mol. The maximum absolute atomic E-state index is 13.0. The Bertz CT molecular complexity index is 344. The second-order valence-corrected chi connectivity index (χ2v) is 2.69. The molecule has 1 aromatic carbocycles. The van der Waals surface area contributed by atoms with Crippen LogP contribution in [0.5, 0.6) is 0 Å². The van der Waals surface area contributed by atoms with Crippen LogP contribution in [-0.2, 0) is 6.42 Å². The Balaban J connectivity index is 2.99. The minimum absolute atomic E-state index is 0.0152. The zero-order valence-corrected chi connectivity index (χ0v) is 6.87. The van der Waals surface area contributed by atoms with Crippen molar-refractivity contribution in [3.63, 3.8) is 0 Å². The van der Waals surface area contributed by atoms with Crippen LogP contribution in [0.2, 0.25) is 0 Å². The molecule has 68 valence electrons. The third-order valence-corrected chi connectivity index (χ3v) is 1.60. The van der Waals surface area contributed by atoms with Gasteiger partial charge in [0.2, 0.25) is 0 Å². The molecule has 1 atom stereocenters. The van der Waals surface area contributed by atoms with E-state index in [1.54, 1.807) is 0 Å². The number of nitrogens with zero attached hydrogens (tertiary/aromatic N) is 1. The average molecular weight is 180 g/mol. The minimum Gasteiger partial charge on any atom is -0.378 e. The van der Waals surface area contributed by atoms with Gasteiger partial charge in [0.15, 0.2) is 0 Å². The van der Waals surface area contributed by atoms with Gasteiger partial charge in [-0.05, 0) is 23.8 Å². The molecule has 1 rings (SSSR count). The lowest BCUT2D eigenvalue weighted by Crippen LogP contribution is -2.22. The second-order valence-electron chi connectivity index (χ2n) is 2.69. The summed E-state index contributed by atoms with van der Waals surface area (Å²) >= 11 is 0. The fourth-order valence-electron chi connectivity index (χ4n) is 1.03. The number of nitrogens with two attached hydrogens (primary N) is 1. The van der Waals surface area contributed by atoms with Gasteiger partial charge in [0.1, 0.15) is 12.0 Å². The Morgan fingerprint density at radius 2 is 2.31 bits per heavy atom. The van der Waals surface area contributed by atoms with Crippen molar-refractivity contribution in [1.82, 2.24) is 0 Å². The van der Waals surface area contributed by atoms with Crippen molar-refractivity contribution in [2.24, 2.45) is 5.73 Å². The van der Waals surface area contributed by atoms with Crippen LogP contribution in [0.4, 0.5) is 4.39 Å². The van der Waals surface area contributed by atoms with E-state index >= 15 is 0 Å². The standard InChI is InChI=1S/C9H9FN2O/c10-8-2-1-6(5-11)3-7(8)4-9(12)13/h1-3,9,13H,4,12H2/t9-/m0/s1. The van der Waals surface area contributed by atoms with Crippen molar-refractivity contribution in [2.45, 2.75) is 12.6 Å². The summed E-state index contributed by atoms with van der Waals surface area (Å²) in [5, 5.41) is 17.3. The molecule has 0 aliphatic heterocycles. The number of halogens is 1. The van der Waals surface area contributed by atoms with Crippen LogP contribution in [0.15, 0.2) is 18.2 Å². The van der Waals surface area contributed by atoms with E-state index in [1.165, 1.54) is 18.2 Å². The lowest BCUT2D eigenvalue weighted by molar-refractivity contribution is 0.181. The van der Waals surface area contributed by atoms with Crippen molar-refractivity contribution >= 4 is 0 Å². The van der Waals surface area contributed by atoms with E-state index in [-0.39, 0.29) is 12.0 Å². The third kappa shape index (κ3) is 2.51. The average Bonchev–Trinajstić information content (AvgIpc) is 2.08. The highest BCUT2D eigenvalue weighted by molar-refractivity contribution is 5.33. The number of rotatable bonds is 2. The van der Waals surface area contributed by atoms with Crippen molar-refractivity contribution in [2.75, 3.05) is 0 Å². The molecule has 0 amide bonds. The second kappa shape index (κ2) is 3.99. The van der Waals surface area contributed by atoms with Crippen molar-refractivity contribution in [1.29, 1.82) is 5.26 Å². The van der Waals surface area contributed by atoms with Gasteiger partial charge in [0, 0.05) is 6.42 Å². The minimum atomic E-state index is -1.09. The number of nitriles is 1. The Hall–Kier alpha value is -1.44. The van der Waals surface area contributed by atoms with Gasteiger partial charge in [-0.15, -0.1) is 0 Å². The Morgan fingerprint density at radius 3 is 2.85 bits per heavy atom. The molecule has 0 heterocycles. The maximum atomic E-state index is 13.0. The highest BCUT2D eigenvalue weighted by Gasteiger charge is 2.06. The number of aliphatic hydroxyl groups is 1. The topological polar surface area (TPSA) is 70.0 Å². The molecule has 4 heteroatoms. The van der Waals surface area contributed by atoms with Crippen molar-refractivity contribution in [3.8, 4) is 6.07 Å². The summed E-state index contributed by atoms with van der Waals surface area (Å²) in [4.78, 5) is 0. The Labute approximate surface area is 75.2 Å². The number of benzene rings is 1. The third-order valence-electron chi connectivity index (χ3n) is 1.60. The lowest BCUT2D eigenvalue weighted by Gasteiger charge is -2.05. The van der Waals surface area contributed by atoms with Crippen LogP contribution in [0.1, 0.15) is 11.1 Å². The first-order valence-corrected chi connectivity index (χ1v) is 3.75. The van der Waals surface area contributed by atoms with Gasteiger partial charge >= 0.3 is 0 Å². The predicted molar refractivity (Wildman–Crippen MR) is 45.0 cm³/mol. The maximum Gasteiger partial charge on any atom is 0.126 e. The smallest absolute Gasteiger partial charge is 0.126 e. The van der Waals surface area contributed by atoms with E-state index < -0.39 is 12.0 Å². The number of aliphatic hydroxyl groups excluding tert-OH is 1. The van der Waals surface area contributed by atoms with Gasteiger partial charge in [-0.2, -0.15) is 5.26 Å². The van der Waals surface area contributed by atoms with Crippen molar-refractivity contribution < 1.29 is 9.50 Å². The van der Waals surface area contributed by atoms with Crippen LogP contribution in [0, 0.1) is 17.1 Å². The van der Waals surface area contributed by atoms with Crippen LogP contribution in [-0.4, -0.2) is 11.3 Å². The van der Waals surface area contributed by atoms with Crippen molar-refractivity contribution in [3.05, 3.63) is 35.1 Å². The van der Waals surface area contributed by atoms with E-state index in [4.69, 9.17) is 16.1 Å². The van der Waals surface area contributed by atoms with Crippen LogP contribution >= 0.6 is 0 Å². The van der Waals surface area contributed by atoms with E-state index in [1.807, 2.05) is 6.07 Å². The first-order valence-electron chi connectivity index (χ1n) is 3.75. The molecule has 13 heavy (non-hydrogen) atoms. The fraction of sp³-hybridized carbons (Fsp3) is 0.222. The number of hydrogen-bond acceptors (Lipinski definition) is 3. The molecule has 0 aliphatic carbocycles. The molecule has 1 aromatic rings. The molecule has 3 N–H and O–H groups in total. The highest BCUT2D eigenvalue weighted by atomic mass is 19.1. The van der Waals surface area contributed by atoms with Gasteiger partial charge in [0.25, 0.3) is 0 Å². The quantitative estimate of drug-likeness (QED) is 0.652. The van der Waals surface area contributed by atoms with E-state index in [0.29, 0.717) is 5.56 Å². The molecule has 0 aromatic heterocycles.